The molecule has 0 spiro atoms. The predicted octanol–water partition coefficient (Wildman–Crippen LogP) is 1.99. The lowest BCUT2D eigenvalue weighted by Crippen LogP contribution is -2.49. The van der Waals surface area contributed by atoms with Crippen LogP contribution < -0.4 is 0 Å². The van der Waals surface area contributed by atoms with Crippen molar-refractivity contribution >= 4 is 17.6 Å². The van der Waals surface area contributed by atoms with Gasteiger partial charge in [0.15, 0.2) is 0 Å². The van der Waals surface area contributed by atoms with Crippen LogP contribution in [-0.4, -0.2) is 91.4 Å². The molecule has 146 valence electrons. The van der Waals surface area contributed by atoms with E-state index in [1.54, 1.807) is 42.7 Å². The van der Waals surface area contributed by atoms with Crippen LogP contribution in [0.4, 0.5) is 0 Å². The van der Waals surface area contributed by atoms with Crippen LogP contribution in [0.25, 0.3) is 0 Å². The van der Waals surface area contributed by atoms with Crippen molar-refractivity contribution in [1.29, 1.82) is 0 Å². The summed E-state index contributed by atoms with van der Waals surface area (Å²) in [5, 5.41) is 0. The number of hydrogen-bond acceptors (Lipinski definition) is 6. The van der Waals surface area contributed by atoms with Gasteiger partial charge in [-0.25, -0.2) is 0 Å². The smallest absolute Gasteiger partial charge is 0.377 e. The first kappa shape index (κ1) is 24.2. The van der Waals surface area contributed by atoms with Crippen LogP contribution in [0.1, 0.15) is 19.8 Å². The second-order valence-electron chi connectivity index (χ2n) is 6.18. The summed E-state index contributed by atoms with van der Waals surface area (Å²) in [5.41, 5.74) is 0. The van der Waals surface area contributed by atoms with Crippen molar-refractivity contribution in [2.24, 2.45) is 0 Å². The monoisotopic (exact) mass is 384 g/mol. The van der Waals surface area contributed by atoms with E-state index >= 15 is 0 Å². The molecule has 0 aromatic rings. The second kappa shape index (κ2) is 11.7. The van der Waals surface area contributed by atoms with Crippen LogP contribution in [0.2, 0.25) is 12.1 Å². The van der Waals surface area contributed by atoms with Crippen molar-refractivity contribution in [3.8, 4) is 0 Å². The maximum atomic E-state index is 5.50. The Kier molecular flexibility index (Phi) is 11.8. The van der Waals surface area contributed by atoms with E-state index in [4.69, 9.17) is 26.6 Å². The van der Waals surface area contributed by atoms with Crippen LogP contribution in [0.3, 0.4) is 0 Å². The van der Waals surface area contributed by atoms with E-state index in [1.807, 2.05) is 0 Å². The summed E-state index contributed by atoms with van der Waals surface area (Å²) in [6, 6.07) is 1.66. The normalized spacial score (nSPS) is 13.5. The van der Waals surface area contributed by atoms with Gasteiger partial charge in [-0.1, -0.05) is 0 Å². The summed E-state index contributed by atoms with van der Waals surface area (Å²) in [4.78, 5) is 0. The molecule has 0 aliphatic heterocycles. The molecule has 0 aliphatic carbocycles. The summed E-state index contributed by atoms with van der Waals surface area (Å²) in [5.74, 6) is 0. The van der Waals surface area contributed by atoms with E-state index < -0.39 is 17.6 Å². The van der Waals surface area contributed by atoms with Gasteiger partial charge in [-0.2, -0.15) is 0 Å². The van der Waals surface area contributed by atoms with Crippen molar-refractivity contribution in [2.75, 3.05) is 69.3 Å². The second-order valence-corrected chi connectivity index (χ2v) is 12.4. The molecule has 0 saturated heterocycles. The van der Waals surface area contributed by atoms with Crippen LogP contribution in [0.15, 0.2) is 0 Å². The van der Waals surface area contributed by atoms with E-state index in [-0.39, 0.29) is 0 Å². The summed E-state index contributed by atoms with van der Waals surface area (Å²) >= 11 is 0. The molecule has 0 fully saturated rings. The number of nitrogens with zero attached hydrogens (tertiary/aromatic N) is 1. The molecule has 0 aromatic heterocycles. The highest BCUT2D eigenvalue weighted by Gasteiger charge is 2.39. The Morgan fingerprint density at radius 3 is 1.12 bits per heavy atom. The average Bonchev–Trinajstić information content (AvgIpc) is 2.63. The SMILES string of the molecule is CC[N+](C)(CCC[Si](OC)(OC)OC)CCC[Si](OC)(OC)OC. The maximum Gasteiger partial charge on any atom is 0.500 e. The lowest BCUT2D eigenvalue weighted by Gasteiger charge is -2.35. The summed E-state index contributed by atoms with van der Waals surface area (Å²) in [6.45, 7) is 5.41. The van der Waals surface area contributed by atoms with E-state index in [0.29, 0.717) is 0 Å². The van der Waals surface area contributed by atoms with E-state index in [9.17, 15) is 0 Å². The molecule has 0 N–H and O–H groups in total. The molecule has 0 unspecified atom stereocenters. The number of quaternary nitrogens is 1. The Morgan fingerprint density at radius 1 is 0.625 bits per heavy atom. The van der Waals surface area contributed by atoms with Crippen molar-refractivity contribution in [1.82, 2.24) is 0 Å². The Hall–Kier alpha value is 0.154. The third kappa shape index (κ3) is 7.18. The Labute approximate surface area is 150 Å². The van der Waals surface area contributed by atoms with Crippen molar-refractivity contribution in [3.05, 3.63) is 0 Å². The zero-order valence-electron chi connectivity index (χ0n) is 16.8. The minimum atomic E-state index is -2.47. The quantitative estimate of drug-likeness (QED) is 0.318. The Balaban J connectivity index is 4.49. The molecule has 9 heteroatoms. The van der Waals surface area contributed by atoms with Crippen LogP contribution in [-0.2, 0) is 26.6 Å². The number of rotatable bonds is 15. The maximum absolute atomic E-state index is 5.50. The first-order valence-corrected chi connectivity index (χ1v) is 12.3. The minimum Gasteiger partial charge on any atom is -0.377 e. The van der Waals surface area contributed by atoms with Gasteiger partial charge in [0.05, 0.1) is 26.7 Å². The highest BCUT2D eigenvalue weighted by atomic mass is 28.4. The molecule has 0 amide bonds. The number of hydrogen-bond donors (Lipinski definition) is 0. The Bertz CT molecular complexity index is 285. The lowest BCUT2D eigenvalue weighted by molar-refractivity contribution is -0.907. The summed E-state index contributed by atoms with van der Waals surface area (Å²) in [6.07, 6.45) is 2.01. The van der Waals surface area contributed by atoms with Gasteiger partial charge >= 0.3 is 17.6 Å². The van der Waals surface area contributed by atoms with Crippen molar-refractivity contribution in [3.63, 3.8) is 0 Å². The van der Waals surface area contributed by atoms with Gasteiger partial charge < -0.3 is 31.0 Å². The van der Waals surface area contributed by atoms with E-state index in [2.05, 4.69) is 14.0 Å². The summed E-state index contributed by atoms with van der Waals surface area (Å²) < 4.78 is 34.0. The highest BCUT2D eigenvalue weighted by molar-refractivity contribution is 6.60. The lowest BCUT2D eigenvalue weighted by atomic mass is 10.3. The van der Waals surface area contributed by atoms with Gasteiger partial charge in [0.25, 0.3) is 0 Å². The third-order valence-electron chi connectivity index (χ3n) is 4.99. The molecule has 0 heterocycles. The zero-order valence-corrected chi connectivity index (χ0v) is 18.8. The molecule has 0 saturated carbocycles. The molecule has 0 aliphatic rings. The van der Waals surface area contributed by atoms with Crippen LogP contribution in [0.5, 0.6) is 0 Å². The predicted molar refractivity (Wildman–Crippen MR) is 98.9 cm³/mol. The van der Waals surface area contributed by atoms with Crippen LogP contribution in [0, 0.1) is 0 Å². The van der Waals surface area contributed by atoms with E-state index in [0.717, 1.165) is 49.0 Å². The fourth-order valence-electron chi connectivity index (χ4n) is 2.89. The van der Waals surface area contributed by atoms with Gasteiger partial charge in [-0.15, -0.1) is 0 Å². The topological polar surface area (TPSA) is 55.4 Å². The van der Waals surface area contributed by atoms with Gasteiger partial charge in [-0.05, 0) is 6.92 Å². The highest BCUT2D eigenvalue weighted by Crippen LogP contribution is 2.20. The summed E-state index contributed by atoms with van der Waals surface area (Å²) in [7, 11) is 7.33. The molecule has 24 heavy (non-hydrogen) atoms. The van der Waals surface area contributed by atoms with Gasteiger partial charge in [0.2, 0.25) is 0 Å². The fraction of sp³-hybridized carbons (Fsp3) is 1.00. The molecule has 0 aromatic carbocycles. The van der Waals surface area contributed by atoms with Gasteiger partial charge in [-0.3, -0.25) is 0 Å². The molecular formula is C15H38NO6Si2+. The van der Waals surface area contributed by atoms with E-state index in [1.165, 1.54) is 0 Å². The fourth-order valence-corrected chi connectivity index (χ4v) is 6.30. The Morgan fingerprint density at radius 2 is 0.917 bits per heavy atom. The molecule has 7 nitrogen and oxygen atoms in total. The molecular weight excluding hydrogens is 346 g/mol. The standard InChI is InChI=1S/C15H38NO6Si2/c1-9-16(2,12-10-14-23(17-3,18-4)19-5)13-11-15-24(20-6,21-7)22-8/h9-15H2,1-8H3/q+1. The molecule has 0 radical (unpaired) electrons. The van der Waals surface area contributed by atoms with Gasteiger partial charge in [0.1, 0.15) is 0 Å². The third-order valence-corrected chi connectivity index (χ3v) is 10.7. The molecule has 0 rings (SSSR count). The average molecular weight is 385 g/mol. The van der Waals surface area contributed by atoms with Crippen LogP contribution >= 0.6 is 0 Å². The first-order valence-electron chi connectivity index (χ1n) is 8.48. The minimum absolute atomic E-state index is 0.831. The largest absolute Gasteiger partial charge is 0.500 e. The first-order chi connectivity index (χ1) is 11.3. The van der Waals surface area contributed by atoms with Crippen molar-refractivity contribution < 1.29 is 31.0 Å². The van der Waals surface area contributed by atoms with Crippen molar-refractivity contribution in [2.45, 2.75) is 31.9 Å². The molecule has 0 bridgehead atoms. The molecule has 0 atom stereocenters. The zero-order chi connectivity index (χ0) is 18.7. The van der Waals surface area contributed by atoms with Gasteiger partial charge in [0, 0.05) is 67.6 Å².